The molecule has 0 atom stereocenters. The number of benzene rings is 3. The molecular formula is C27H26Cl2O2. The van der Waals surface area contributed by atoms with Crippen LogP contribution in [0.15, 0.2) is 42.0 Å². The van der Waals surface area contributed by atoms with E-state index >= 15 is 0 Å². The molecule has 3 aromatic rings. The van der Waals surface area contributed by atoms with Gasteiger partial charge in [-0.1, -0.05) is 64.7 Å². The second-order valence-electron chi connectivity index (χ2n) is 10.4. The van der Waals surface area contributed by atoms with E-state index in [1.54, 1.807) is 6.07 Å². The molecule has 0 aliphatic heterocycles. The second-order valence-corrected chi connectivity index (χ2v) is 11.2. The summed E-state index contributed by atoms with van der Waals surface area (Å²) in [5.41, 5.74) is 4.20. The number of halogens is 2. The average molecular weight is 453 g/mol. The van der Waals surface area contributed by atoms with Crippen molar-refractivity contribution < 1.29 is 9.90 Å². The number of carbonyl (C=O) groups is 1. The largest absolute Gasteiger partial charge is 0.507 e. The van der Waals surface area contributed by atoms with E-state index in [4.69, 9.17) is 23.2 Å². The van der Waals surface area contributed by atoms with Crippen LogP contribution in [0.2, 0.25) is 10.0 Å². The summed E-state index contributed by atoms with van der Waals surface area (Å²) in [7, 11) is 0. The monoisotopic (exact) mass is 452 g/mol. The summed E-state index contributed by atoms with van der Waals surface area (Å²) >= 11 is 12.5. The third kappa shape index (κ3) is 3.77. The highest BCUT2D eigenvalue weighted by Crippen LogP contribution is 2.46. The highest BCUT2D eigenvalue weighted by molar-refractivity contribution is 6.35. The van der Waals surface area contributed by atoms with Crippen LogP contribution in [0.1, 0.15) is 63.0 Å². The van der Waals surface area contributed by atoms with Gasteiger partial charge in [0.1, 0.15) is 5.75 Å². The summed E-state index contributed by atoms with van der Waals surface area (Å²) in [6.07, 6.45) is 1.99. The topological polar surface area (TPSA) is 37.3 Å². The van der Waals surface area contributed by atoms with Crippen LogP contribution < -0.4 is 0 Å². The van der Waals surface area contributed by atoms with Gasteiger partial charge >= 0.3 is 0 Å². The van der Waals surface area contributed by atoms with E-state index in [1.165, 1.54) is 0 Å². The lowest BCUT2D eigenvalue weighted by Gasteiger charge is -2.29. The molecule has 4 heteroatoms. The van der Waals surface area contributed by atoms with Crippen LogP contribution in [0.25, 0.3) is 28.0 Å². The molecule has 0 unspecified atom stereocenters. The Labute approximate surface area is 193 Å². The van der Waals surface area contributed by atoms with E-state index in [1.807, 2.05) is 57.2 Å². The summed E-state index contributed by atoms with van der Waals surface area (Å²) in [5.74, 6) is 0.200. The fourth-order valence-electron chi connectivity index (χ4n) is 4.26. The van der Waals surface area contributed by atoms with Gasteiger partial charge in [0.05, 0.1) is 0 Å². The highest BCUT2D eigenvalue weighted by Gasteiger charge is 2.32. The number of hydrogen-bond acceptors (Lipinski definition) is 2. The number of Topliss-reactive ketones (excluding diaryl/α,β-unsaturated/α-hetero) is 1. The van der Waals surface area contributed by atoms with Crippen molar-refractivity contribution in [3.63, 3.8) is 0 Å². The Morgan fingerprint density at radius 2 is 1.35 bits per heavy atom. The van der Waals surface area contributed by atoms with Crippen molar-refractivity contribution >= 4 is 45.8 Å². The van der Waals surface area contributed by atoms with Crippen LogP contribution in [-0.4, -0.2) is 10.9 Å². The number of allylic oxidation sites excluding steroid dienone is 1. The average Bonchev–Trinajstić information content (AvgIpc) is 2.63. The van der Waals surface area contributed by atoms with Gasteiger partial charge in [-0.15, -0.1) is 0 Å². The smallest absolute Gasteiger partial charge is 0.190 e. The zero-order valence-electron chi connectivity index (χ0n) is 18.7. The van der Waals surface area contributed by atoms with Gasteiger partial charge in [-0.3, -0.25) is 4.79 Å². The SMILES string of the molecule is CC(C)(C)C1=Cc2cc(C(C)(C)C)c(O)c3cc(-c4cc(Cl)cc(Cl)c4)cc(c23)C1=O. The molecule has 0 amide bonds. The van der Waals surface area contributed by atoms with Crippen LogP contribution in [0, 0.1) is 5.41 Å². The molecule has 0 aromatic heterocycles. The van der Waals surface area contributed by atoms with E-state index in [0.29, 0.717) is 21.0 Å². The summed E-state index contributed by atoms with van der Waals surface area (Å²) in [4.78, 5) is 13.6. The zero-order chi connectivity index (χ0) is 22.9. The van der Waals surface area contributed by atoms with Crippen LogP contribution in [0.5, 0.6) is 5.75 Å². The zero-order valence-corrected chi connectivity index (χ0v) is 20.2. The molecule has 0 bridgehead atoms. The molecule has 160 valence electrons. The summed E-state index contributed by atoms with van der Waals surface area (Å²) < 4.78 is 0. The second kappa shape index (κ2) is 7.12. The molecule has 3 aromatic carbocycles. The molecule has 1 aliphatic carbocycles. The number of phenols is 1. The van der Waals surface area contributed by atoms with Gasteiger partial charge < -0.3 is 5.11 Å². The molecule has 0 saturated heterocycles. The maximum Gasteiger partial charge on any atom is 0.190 e. The Kier molecular flexibility index (Phi) is 5.03. The van der Waals surface area contributed by atoms with E-state index in [2.05, 4.69) is 20.8 Å². The first-order chi connectivity index (χ1) is 14.3. The number of phenolic OH excluding ortho intramolecular Hbond substituents is 1. The van der Waals surface area contributed by atoms with Gasteiger partial charge in [0.25, 0.3) is 0 Å². The van der Waals surface area contributed by atoms with E-state index < -0.39 is 0 Å². The standard InChI is InChI=1S/C27H26Cl2O2/c1-26(2,3)21-11-16-12-22(27(4,5)6)25(31)20-10-15(9-19(23(16)20)24(21)30)14-7-17(28)13-18(29)8-14/h7-13,30H,1-6H3. The molecule has 0 fully saturated rings. The third-order valence-corrected chi connectivity index (χ3v) is 6.27. The predicted octanol–water partition coefficient (Wildman–Crippen LogP) is 8.44. The Morgan fingerprint density at radius 3 is 1.90 bits per heavy atom. The normalized spacial score (nSPS) is 14.2. The molecule has 0 heterocycles. The van der Waals surface area contributed by atoms with Crippen molar-refractivity contribution in [3.05, 3.63) is 68.7 Å². The van der Waals surface area contributed by atoms with Crippen LogP contribution in [0.3, 0.4) is 0 Å². The number of hydrogen-bond donors (Lipinski definition) is 1. The van der Waals surface area contributed by atoms with Crippen LogP contribution in [-0.2, 0) is 5.41 Å². The molecule has 4 rings (SSSR count). The summed E-state index contributed by atoms with van der Waals surface area (Å²) in [6.45, 7) is 12.4. The first kappa shape index (κ1) is 21.9. The lowest BCUT2D eigenvalue weighted by Crippen LogP contribution is -2.21. The Morgan fingerprint density at radius 1 is 0.774 bits per heavy atom. The van der Waals surface area contributed by atoms with E-state index in [-0.39, 0.29) is 22.4 Å². The van der Waals surface area contributed by atoms with Gasteiger partial charge in [-0.25, -0.2) is 0 Å². The van der Waals surface area contributed by atoms with Crippen LogP contribution >= 0.6 is 23.2 Å². The molecule has 0 saturated carbocycles. The van der Waals surface area contributed by atoms with Crippen LogP contribution in [0.4, 0.5) is 0 Å². The Balaban J connectivity index is 2.14. The minimum absolute atomic E-state index is 0.0112. The summed E-state index contributed by atoms with van der Waals surface area (Å²) in [5, 5.41) is 13.8. The maximum atomic E-state index is 13.6. The Bertz CT molecular complexity index is 1270. The predicted molar refractivity (Wildman–Crippen MR) is 132 cm³/mol. The first-order valence-electron chi connectivity index (χ1n) is 10.3. The fourth-order valence-corrected chi connectivity index (χ4v) is 4.78. The van der Waals surface area contributed by atoms with Crippen molar-refractivity contribution in [2.75, 3.05) is 0 Å². The molecule has 31 heavy (non-hydrogen) atoms. The summed E-state index contributed by atoms with van der Waals surface area (Å²) in [6, 6.07) is 11.2. The fraction of sp³-hybridized carbons (Fsp3) is 0.296. The van der Waals surface area contributed by atoms with Gasteiger partial charge in [0.2, 0.25) is 0 Å². The quantitative estimate of drug-likeness (QED) is 0.401. The van der Waals surface area contributed by atoms with Gasteiger partial charge in [-0.05, 0) is 70.0 Å². The molecule has 0 spiro atoms. The van der Waals surface area contributed by atoms with Crippen molar-refractivity contribution in [1.29, 1.82) is 0 Å². The van der Waals surface area contributed by atoms with Gasteiger partial charge in [0, 0.05) is 37.5 Å². The van der Waals surface area contributed by atoms with Gasteiger partial charge in [0.15, 0.2) is 5.78 Å². The number of rotatable bonds is 1. The van der Waals surface area contributed by atoms with Crippen molar-refractivity contribution in [1.82, 2.24) is 0 Å². The lowest BCUT2D eigenvalue weighted by molar-refractivity contribution is 0.101. The molecular weight excluding hydrogens is 427 g/mol. The van der Waals surface area contributed by atoms with Crippen molar-refractivity contribution in [3.8, 4) is 16.9 Å². The number of ketones is 1. The molecule has 0 radical (unpaired) electrons. The first-order valence-corrected chi connectivity index (χ1v) is 11.1. The number of carbonyl (C=O) groups excluding carboxylic acids is 1. The van der Waals surface area contributed by atoms with Crippen molar-refractivity contribution in [2.24, 2.45) is 5.41 Å². The maximum absolute atomic E-state index is 13.6. The molecule has 1 N–H and O–H groups in total. The minimum Gasteiger partial charge on any atom is -0.507 e. The van der Waals surface area contributed by atoms with E-state index in [0.717, 1.165) is 33.2 Å². The highest BCUT2D eigenvalue weighted by atomic mass is 35.5. The van der Waals surface area contributed by atoms with Gasteiger partial charge in [-0.2, -0.15) is 0 Å². The molecule has 2 nitrogen and oxygen atoms in total. The number of aromatic hydroxyl groups is 1. The molecule has 1 aliphatic rings. The van der Waals surface area contributed by atoms with Crippen molar-refractivity contribution in [2.45, 2.75) is 47.0 Å². The lowest BCUT2D eigenvalue weighted by atomic mass is 9.74. The minimum atomic E-state index is -0.309. The Hall–Kier alpha value is -2.29. The third-order valence-electron chi connectivity index (χ3n) is 5.84. The van der Waals surface area contributed by atoms with E-state index in [9.17, 15) is 9.90 Å².